The fraction of sp³-hybridized carbons (Fsp3) is 0.529. The zero-order valence-electron chi connectivity index (χ0n) is 13.9. The van der Waals surface area contributed by atoms with Gasteiger partial charge in [0.25, 0.3) is 0 Å². The topological polar surface area (TPSA) is 47.5 Å². The smallest absolute Gasteiger partial charge is 0.122 e. The van der Waals surface area contributed by atoms with Crippen molar-refractivity contribution in [2.45, 2.75) is 32.2 Å². The Morgan fingerprint density at radius 1 is 1.09 bits per heavy atom. The van der Waals surface area contributed by atoms with E-state index in [0.717, 1.165) is 49.0 Å². The van der Waals surface area contributed by atoms with Crippen molar-refractivity contribution in [2.24, 2.45) is 0 Å². The molecule has 0 spiro atoms. The molecule has 6 heteroatoms. The number of likely N-dealkylation sites (tertiary alicyclic amines) is 1. The molecule has 0 radical (unpaired) electrons. The highest BCUT2D eigenvalue weighted by Gasteiger charge is 2.23. The second-order valence-electron chi connectivity index (χ2n) is 5.93. The highest BCUT2D eigenvalue weighted by molar-refractivity contribution is 7.11. The maximum atomic E-state index is 5.35. The van der Waals surface area contributed by atoms with Crippen LogP contribution < -0.4 is 9.47 Å². The number of rotatable bonds is 5. The predicted molar refractivity (Wildman–Crippen MR) is 91.4 cm³/mol. The van der Waals surface area contributed by atoms with Crippen molar-refractivity contribution in [1.82, 2.24) is 15.1 Å². The molecule has 2 aromatic rings. The number of piperidine rings is 1. The summed E-state index contributed by atoms with van der Waals surface area (Å²) in [4.78, 5) is 2.48. The van der Waals surface area contributed by atoms with Crippen LogP contribution >= 0.6 is 11.3 Å². The molecule has 2 heterocycles. The van der Waals surface area contributed by atoms with Crippen LogP contribution in [0.4, 0.5) is 0 Å². The molecule has 0 aliphatic carbocycles. The van der Waals surface area contributed by atoms with Crippen molar-refractivity contribution >= 4 is 11.3 Å². The normalized spacial score (nSPS) is 16.5. The van der Waals surface area contributed by atoms with Gasteiger partial charge in [0.15, 0.2) is 0 Å². The molecule has 1 saturated heterocycles. The minimum atomic E-state index is 0.567. The third-order valence-corrected chi connectivity index (χ3v) is 5.30. The number of aromatic nitrogens is 2. The van der Waals surface area contributed by atoms with Gasteiger partial charge in [0.05, 0.1) is 14.2 Å². The van der Waals surface area contributed by atoms with E-state index < -0.39 is 0 Å². The van der Waals surface area contributed by atoms with Crippen molar-refractivity contribution in [2.75, 3.05) is 27.3 Å². The lowest BCUT2D eigenvalue weighted by atomic mass is 9.97. The fourth-order valence-electron chi connectivity index (χ4n) is 3.03. The van der Waals surface area contributed by atoms with E-state index in [1.165, 1.54) is 10.6 Å². The first-order valence-electron chi connectivity index (χ1n) is 7.92. The molecular formula is C17H23N3O2S. The standard InChI is InChI=1S/C17H23N3O2S/c1-12-18-19-17(23-12)14-4-6-20(7-5-14)11-13-8-15(21-2)10-16(9-13)22-3/h8-10,14H,4-7,11H2,1-3H3. The van der Waals surface area contributed by atoms with E-state index in [-0.39, 0.29) is 0 Å². The second kappa shape index (κ2) is 7.27. The lowest BCUT2D eigenvalue weighted by Gasteiger charge is -2.31. The molecule has 0 atom stereocenters. The number of ether oxygens (including phenoxy) is 2. The molecule has 1 aliphatic rings. The maximum Gasteiger partial charge on any atom is 0.122 e. The zero-order chi connectivity index (χ0) is 16.2. The Bertz CT molecular complexity index is 629. The monoisotopic (exact) mass is 333 g/mol. The molecule has 1 aromatic carbocycles. The maximum absolute atomic E-state index is 5.35. The lowest BCUT2D eigenvalue weighted by Crippen LogP contribution is -2.32. The molecule has 1 aliphatic heterocycles. The van der Waals surface area contributed by atoms with E-state index in [9.17, 15) is 0 Å². The summed E-state index contributed by atoms with van der Waals surface area (Å²) < 4.78 is 10.7. The van der Waals surface area contributed by atoms with Crippen LogP contribution in [0.5, 0.6) is 11.5 Å². The van der Waals surface area contributed by atoms with E-state index >= 15 is 0 Å². The van der Waals surface area contributed by atoms with Gasteiger partial charge in [-0.3, -0.25) is 4.90 Å². The quantitative estimate of drug-likeness (QED) is 0.840. The average molecular weight is 333 g/mol. The number of nitrogens with zero attached hydrogens (tertiary/aromatic N) is 3. The van der Waals surface area contributed by atoms with Gasteiger partial charge in [-0.05, 0) is 50.6 Å². The van der Waals surface area contributed by atoms with E-state index in [1.807, 2.05) is 13.0 Å². The van der Waals surface area contributed by atoms with Crippen molar-refractivity contribution in [3.05, 3.63) is 33.8 Å². The molecule has 0 saturated carbocycles. The van der Waals surface area contributed by atoms with Crippen molar-refractivity contribution < 1.29 is 9.47 Å². The molecule has 1 aromatic heterocycles. The third kappa shape index (κ3) is 4.00. The van der Waals surface area contributed by atoms with Gasteiger partial charge in [-0.2, -0.15) is 0 Å². The number of hydrogen-bond donors (Lipinski definition) is 0. The van der Waals surface area contributed by atoms with Gasteiger partial charge < -0.3 is 9.47 Å². The molecule has 0 N–H and O–H groups in total. The number of hydrogen-bond acceptors (Lipinski definition) is 6. The predicted octanol–water partition coefficient (Wildman–Crippen LogP) is 3.24. The third-order valence-electron chi connectivity index (χ3n) is 4.30. The fourth-order valence-corrected chi connectivity index (χ4v) is 3.90. The van der Waals surface area contributed by atoms with Gasteiger partial charge in [0.1, 0.15) is 21.5 Å². The molecule has 23 heavy (non-hydrogen) atoms. The number of benzene rings is 1. The first kappa shape index (κ1) is 16.2. The van der Waals surface area contributed by atoms with E-state index in [2.05, 4.69) is 27.2 Å². The zero-order valence-corrected chi connectivity index (χ0v) is 14.7. The first-order chi connectivity index (χ1) is 11.2. The van der Waals surface area contributed by atoms with Crippen molar-refractivity contribution in [1.29, 1.82) is 0 Å². The number of methoxy groups -OCH3 is 2. The summed E-state index contributed by atoms with van der Waals surface area (Å²) in [6.07, 6.45) is 2.30. The van der Waals surface area contributed by atoms with E-state index in [0.29, 0.717) is 5.92 Å². The Labute approximate surface area is 141 Å². The van der Waals surface area contributed by atoms with Gasteiger partial charge in [0, 0.05) is 18.5 Å². The van der Waals surface area contributed by atoms with E-state index in [4.69, 9.17) is 9.47 Å². The van der Waals surface area contributed by atoms with Crippen LogP contribution in [0.1, 0.15) is 34.3 Å². The lowest BCUT2D eigenvalue weighted by molar-refractivity contribution is 0.204. The summed E-state index contributed by atoms with van der Waals surface area (Å²) in [6.45, 7) is 5.12. The summed E-state index contributed by atoms with van der Waals surface area (Å²) in [5.74, 6) is 2.26. The van der Waals surface area contributed by atoms with Crippen LogP contribution in [0.2, 0.25) is 0 Å². The molecule has 1 fully saturated rings. The van der Waals surface area contributed by atoms with Crippen LogP contribution in [0.15, 0.2) is 18.2 Å². The molecule has 124 valence electrons. The Morgan fingerprint density at radius 2 is 1.74 bits per heavy atom. The van der Waals surface area contributed by atoms with Crippen LogP contribution in [0, 0.1) is 6.92 Å². The first-order valence-corrected chi connectivity index (χ1v) is 8.74. The van der Waals surface area contributed by atoms with Crippen LogP contribution in [0.3, 0.4) is 0 Å². The van der Waals surface area contributed by atoms with Crippen molar-refractivity contribution in [3.63, 3.8) is 0 Å². The molecule has 3 rings (SSSR count). The minimum Gasteiger partial charge on any atom is -0.497 e. The summed E-state index contributed by atoms with van der Waals surface area (Å²) >= 11 is 1.74. The molecular weight excluding hydrogens is 310 g/mol. The Hall–Kier alpha value is -1.66. The summed E-state index contributed by atoms with van der Waals surface area (Å²) in [5.41, 5.74) is 1.23. The van der Waals surface area contributed by atoms with Gasteiger partial charge in [-0.15, -0.1) is 21.5 Å². The van der Waals surface area contributed by atoms with Crippen LogP contribution in [-0.4, -0.2) is 42.4 Å². The highest BCUT2D eigenvalue weighted by atomic mass is 32.1. The Morgan fingerprint density at radius 3 is 2.26 bits per heavy atom. The second-order valence-corrected chi connectivity index (χ2v) is 7.14. The van der Waals surface area contributed by atoms with Crippen molar-refractivity contribution in [3.8, 4) is 11.5 Å². The average Bonchev–Trinajstić information content (AvgIpc) is 3.01. The Kier molecular flexibility index (Phi) is 5.13. The van der Waals surface area contributed by atoms with Gasteiger partial charge in [0.2, 0.25) is 0 Å². The van der Waals surface area contributed by atoms with Gasteiger partial charge in [-0.1, -0.05) is 0 Å². The SMILES string of the molecule is COc1cc(CN2CCC(c3nnc(C)s3)CC2)cc(OC)c1. The van der Waals surface area contributed by atoms with Gasteiger partial charge >= 0.3 is 0 Å². The van der Waals surface area contributed by atoms with Gasteiger partial charge in [-0.25, -0.2) is 0 Å². The molecule has 0 bridgehead atoms. The molecule has 0 amide bonds. The number of aryl methyl sites for hydroxylation is 1. The minimum absolute atomic E-state index is 0.567. The van der Waals surface area contributed by atoms with Crippen LogP contribution in [-0.2, 0) is 6.54 Å². The van der Waals surface area contributed by atoms with Crippen LogP contribution in [0.25, 0.3) is 0 Å². The largest absolute Gasteiger partial charge is 0.497 e. The summed E-state index contributed by atoms with van der Waals surface area (Å²) in [6, 6.07) is 6.08. The summed E-state index contributed by atoms with van der Waals surface area (Å²) in [5, 5.41) is 10.7. The summed E-state index contributed by atoms with van der Waals surface area (Å²) in [7, 11) is 3.38. The Balaban J connectivity index is 1.60. The highest BCUT2D eigenvalue weighted by Crippen LogP contribution is 2.31. The van der Waals surface area contributed by atoms with E-state index in [1.54, 1.807) is 25.6 Å². The molecule has 5 nitrogen and oxygen atoms in total. The molecule has 0 unspecified atom stereocenters.